The molecule has 0 aromatic rings. The number of fused-ring (bicyclic) bond motifs is 1. The summed E-state index contributed by atoms with van der Waals surface area (Å²) in [6, 6.07) is 0. The zero-order chi connectivity index (χ0) is 40.5. The predicted octanol–water partition coefficient (Wildman–Crippen LogP) is 9.18. The van der Waals surface area contributed by atoms with Crippen molar-refractivity contribution in [1.82, 2.24) is 10.6 Å². The Kier molecular flexibility index (Phi) is 23.5. The average Bonchev–Trinajstić information content (AvgIpc) is 3.14. The molecule has 2 aliphatic carbocycles. The molecule has 0 aromatic carbocycles. The number of ether oxygens (including phenoxy) is 1. The smallest absolute Gasteiger partial charge is 0.311 e. The highest BCUT2D eigenvalue weighted by Gasteiger charge is 2.42. The molecule has 2 unspecified atom stereocenters. The first-order valence-electron chi connectivity index (χ1n) is 21.1. The molecule has 0 fully saturated rings. The number of esters is 1. The van der Waals surface area contributed by atoms with Gasteiger partial charge in [0.25, 0.3) is 0 Å². The van der Waals surface area contributed by atoms with E-state index in [-0.39, 0.29) is 61.0 Å². The normalized spacial score (nSPS) is 22.8. The van der Waals surface area contributed by atoms with E-state index in [1.54, 1.807) is 0 Å². The van der Waals surface area contributed by atoms with E-state index >= 15 is 0 Å². The largest absolute Gasteiger partial charge is 0.461 e. The van der Waals surface area contributed by atoms with Crippen LogP contribution in [0, 0.1) is 29.1 Å². The van der Waals surface area contributed by atoms with E-state index in [0.29, 0.717) is 31.7 Å². The molecule has 0 radical (unpaired) electrons. The third-order valence-electron chi connectivity index (χ3n) is 10.8. The second-order valence-electron chi connectivity index (χ2n) is 16.1. The van der Waals surface area contributed by atoms with Gasteiger partial charge in [-0.1, -0.05) is 107 Å². The number of carbonyl (C=O) groups excluding carboxylic acids is 3. The molecule has 55 heavy (non-hydrogen) atoms. The maximum atomic E-state index is 13.1. The Bertz CT molecular complexity index is 1350. The highest BCUT2D eigenvalue weighted by atomic mass is 16.5. The number of allylic oxidation sites excluding steroid dienone is 13. The highest BCUT2D eigenvalue weighted by molar-refractivity contribution is 5.77. The molecule has 0 bridgehead atoms. The van der Waals surface area contributed by atoms with Crippen LogP contribution < -0.4 is 10.6 Å². The third kappa shape index (κ3) is 19.8. The van der Waals surface area contributed by atoms with Gasteiger partial charge in [-0.05, 0) is 114 Å². The van der Waals surface area contributed by atoms with Crippen LogP contribution in [0.25, 0.3) is 0 Å². The van der Waals surface area contributed by atoms with Gasteiger partial charge in [-0.2, -0.15) is 0 Å². The van der Waals surface area contributed by atoms with E-state index in [9.17, 15) is 24.6 Å². The quantitative estimate of drug-likeness (QED) is 0.0396. The predicted molar refractivity (Wildman–Crippen MR) is 226 cm³/mol. The van der Waals surface area contributed by atoms with Gasteiger partial charge in [0, 0.05) is 25.4 Å². The fourth-order valence-electron chi connectivity index (χ4n) is 7.09. The van der Waals surface area contributed by atoms with E-state index in [1.165, 1.54) is 5.57 Å². The van der Waals surface area contributed by atoms with Crippen LogP contribution >= 0.6 is 0 Å². The second-order valence-corrected chi connectivity index (χ2v) is 16.1. The molecule has 2 rings (SSSR count). The lowest BCUT2D eigenvalue weighted by molar-refractivity contribution is -0.164. The minimum Gasteiger partial charge on any atom is -0.461 e. The minimum absolute atomic E-state index is 0.0489. The van der Waals surface area contributed by atoms with Crippen LogP contribution in [0.15, 0.2) is 84.6 Å². The Hall–Kier alpha value is -3.49. The van der Waals surface area contributed by atoms with Crippen LogP contribution in [-0.4, -0.2) is 59.4 Å². The van der Waals surface area contributed by atoms with E-state index in [4.69, 9.17) is 4.74 Å². The molecule has 0 spiro atoms. The van der Waals surface area contributed by atoms with Crippen molar-refractivity contribution in [2.45, 2.75) is 150 Å². The molecule has 0 aliphatic heterocycles. The van der Waals surface area contributed by atoms with Crippen molar-refractivity contribution in [2.24, 2.45) is 29.1 Å². The molecule has 2 aliphatic rings. The van der Waals surface area contributed by atoms with Crippen molar-refractivity contribution in [3.8, 4) is 0 Å². The van der Waals surface area contributed by atoms with Crippen molar-refractivity contribution in [3.05, 3.63) is 84.6 Å². The summed E-state index contributed by atoms with van der Waals surface area (Å²) in [4.78, 5) is 37.7. The number of rotatable bonds is 26. The summed E-state index contributed by atoms with van der Waals surface area (Å²) in [5, 5.41) is 27.0. The summed E-state index contributed by atoms with van der Waals surface area (Å²) in [7, 11) is 0. The fraction of sp³-hybridized carbons (Fsp3) is 0.638. The molecule has 0 aromatic heterocycles. The standard InChI is InChI=1S/C47H74N2O6/c1-7-9-10-11-12-13-14-15-16-17-18-19-20-21-22-23-24-25-43(52)48-30-31-49-44(53)35-40(51)34-39(50)28-29-41-37(4)26-27-38-32-36(3)33-42(45(38)41)55-46(54)47(5,6)8-2/h9-10,12-13,15-16,18-19,21-22,26-27,32,36-37,39-42,45,50-51H,7-8,11,14,17,20,23-25,28-31,33-35H2,1-6H3,(H,48,52)(H,49,53)/t36-,37-,39-,40+,41-,42?,45?/m0/s1. The van der Waals surface area contributed by atoms with Gasteiger partial charge in [0.15, 0.2) is 0 Å². The first-order chi connectivity index (χ1) is 26.4. The van der Waals surface area contributed by atoms with E-state index in [2.05, 4.69) is 110 Å². The van der Waals surface area contributed by atoms with Gasteiger partial charge in [-0.3, -0.25) is 14.4 Å². The van der Waals surface area contributed by atoms with Crippen molar-refractivity contribution < 1.29 is 29.3 Å². The summed E-state index contributed by atoms with van der Waals surface area (Å²) in [5.74, 6) is 0.293. The van der Waals surface area contributed by atoms with Crippen LogP contribution in [0.4, 0.5) is 0 Å². The zero-order valence-corrected chi connectivity index (χ0v) is 34.9. The Morgan fingerprint density at radius 3 is 2.04 bits per heavy atom. The van der Waals surface area contributed by atoms with Crippen LogP contribution in [0.1, 0.15) is 131 Å². The number of amides is 2. The van der Waals surface area contributed by atoms with Gasteiger partial charge in [-0.25, -0.2) is 0 Å². The van der Waals surface area contributed by atoms with Gasteiger partial charge in [0.05, 0.1) is 24.0 Å². The molecule has 0 saturated carbocycles. The lowest BCUT2D eigenvalue weighted by Crippen LogP contribution is -2.43. The topological polar surface area (TPSA) is 125 Å². The van der Waals surface area contributed by atoms with Crippen molar-refractivity contribution >= 4 is 17.8 Å². The number of nitrogens with one attached hydrogen (secondary N) is 2. The summed E-state index contributed by atoms with van der Waals surface area (Å²) >= 11 is 0. The molecule has 0 heterocycles. The number of carbonyl (C=O) groups is 3. The monoisotopic (exact) mass is 763 g/mol. The maximum Gasteiger partial charge on any atom is 0.311 e. The first-order valence-corrected chi connectivity index (χ1v) is 21.1. The number of hydrogen-bond acceptors (Lipinski definition) is 6. The van der Waals surface area contributed by atoms with Gasteiger partial charge in [-0.15, -0.1) is 0 Å². The third-order valence-corrected chi connectivity index (χ3v) is 10.8. The molecular formula is C47H74N2O6. The van der Waals surface area contributed by atoms with Crippen molar-refractivity contribution in [1.29, 1.82) is 0 Å². The van der Waals surface area contributed by atoms with Crippen LogP contribution in [-0.2, 0) is 19.1 Å². The van der Waals surface area contributed by atoms with Crippen LogP contribution in [0.3, 0.4) is 0 Å². The summed E-state index contributed by atoms with van der Waals surface area (Å²) in [6.07, 6.45) is 36.0. The lowest BCUT2D eigenvalue weighted by Gasteiger charge is -2.44. The Morgan fingerprint density at radius 1 is 0.855 bits per heavy atom. The highest BCUT2D eigenvalue weighted by Crippen LogP contribution is 2.45. The number of aliphatic hydroxyl groups excluding tert-OH is 2. The van der Waals surface area contributed by atoms with Crippen LogP contribution in [0.5, 0.6) is 0 Å². The fourth-order valence-corrected chi connectivity index (χ4v) is 7.09. The summed E-state index contributed by atoms with van der Waals surface area (Å²) in [6.45, 7) is 12.9. The second kappa shape index (κ2) is 27.2. The molecule has 2 amide bonds. The molecular weight excluding hydrogens is 689 g/mol. The molecule has 8 heteroatoms. The van der Waals surface area contributed by atoms with E-state index < -0.39 is 17.6 Å². The summed E-state index contributed by atoms with van der Waals surface area (Å²) < 4.78 is 6.20. The number of hydrogen-bond donors (Lipinski definition) is 4. The van der Waals surface area contributed by atoms with Gasteiger partial charge in [0.1, 0.15) is 6.10 Å². The van der Waals surface area contributed by atoms with Gasteiger partial charge in [0.2, 0.25) is 11.8 Å². The first kappa shape index (κ1) is 47.7. The van der Waals surface area contributed by atoms with Crippen molar-refractivity contribution in [2.75, 3.05) is 13.1 Å². The Labute approximate surface area is 333 Å². The van der Waals surface area contributed by atoms with Crippen LogP contribution in [0.2, 0.25) is 0 Å². The lowest BCUT2D eigenvalue weighted by atomic mass is 9.65. The molecule has 0 saturated heterocycles. The van der Waals surface area contributed by atoms with Gasteiger partial charge < -0.3 is 25.6 Å². The van der Waals surface area contributed by atoms with Gasteiger partial charge >= 0.3 is 5.97 Å². The average molecular weight is 763 g/mol. The number of unbranched alkanes of at least 4 members (excludes halogenated alkanes) is 1. The van der Waals surface area contributed by atoms with E-state index in [1.807, 2.05) is 20.8 Å². The Balaban J connectivity index is 1.60. The summed E-state index contributed by atoms with van der Waals surface area (Å²) in [5.41, 5.74) is 0.665. The molecule has 4 N–H and O–H groups in total. The molecule has 8 nitrogen and oxygen atoms in total. The molecule has 7 atom stereocenters. The number of aliphatic hydroxyl groups is 2. The molecule has 308 valence electrons. The Morgan fingerprint density at radius 2 is 1.44 bits per heavy atom. The van der Waals surface area contributed by atoms with E-state index in [0.717, 1.165) is 57.8 Å². The SMILES string of the molecule is CCC=CCC=CCC=CCC=CCC=CCCCC(=O)NCCNC(=O)C[C@H](O)C[C@@H](O)CC[C@@H]1C2C(=C[C@H](C)CC2OC(=O)C(C)(C)CC)C=C[C@@H]1C. The van der Waals surface area contributed by atoms with Crippen molar-refractivity contribution in [3.63, 3.8) is 0 Å². The minimum atomic E-state index is -0.972. The maximum absolute atomic E-state index is 13.1. The zero-order valence-electron chi connectivity index (χ0n) is 34.9.